The Morgan fingerprint density at radius 3 is 2.46 bits per heavy atom. The van der Waals surface area contributed by atoms with E-state index in [4.69, 9.17) is 0 Å². The summed E-state index contributed by atoms with van der Waals surface area (Å²) >= 11 is 0. The number of benzene rings is 1. The molecule has 124 valence electrons. The van der Waals surface area contributed by atoms with E-state index in [0.29, 0.717) is 11.3 Å². The summed E-state index contributed by atoms with van der Waals surface area (Å²) in [5, 5.41) is 2.64. The van der Waals surface area contributed by atoms with Crippen LogP contribution in [0.5, 0.6) is 0 Å². The lowest BCUT2D eigenvalue weighted by Gasteiger charge is -2.26. The Morgan fingerprint density at radius 1 is 1.04 bits per heavy atom. The van der Waals surface area contributed by atoms with Crippen LogP contribution >= 0.6 is 0 Å². The van der Waals surface area contributed by atoms with Gasteiger partial charge in [0.1, 0.15) is 11.5 Å². The highest BCUT2D eigenvalue weighted by Gasteiger charge is 2.19. The second-order valence-corrected chi connectivity index (χ2v) is 5.74. The number of likely N-dealkylation sites (tertiary alicyclic amines) is 1. The second kappa shape index (κ2) is 7.21. The fourth-order valence-corrected chi connectivity index (χ4v) is 2.70. The van der Waals surface area contributed by atoms with Crippen molar-refractivity contribution in [2.45, 2.75) is 19.3 Å². The Bertz CT molecular complexity index is 740. The molecule has 6 heteroatoms. The third kappa shape index (κ3) is 3.76. The first-order valence-electron chi connectivity index (χ1n) is 7.96. The number of carbonyl (C=O) groups excluding carboxylic acids is 2. The molecule has 1 aliphatic heterocycles. The Morgan fingerprint density at radius 2 is 1.75 bits per heavy atom. The van der Waals surface area contributed by atoms with Gasteiger partial charge in [-0.1, -0.05) is 0 Å². The van der Waals surface area contributed by atoms with Crippen LogP contribution in [-0.4, -0.2) is 34.8 Å². The van der Waals surface area contributed by atoms with E-state index in [0.717, 1.165) is 32.4 Å². The lowest BCUT2D eigenvalue weighted by Crippen LogP contribution is -2.35. The maximum atomic E-state index is 12.9. The van der Waals surface area contributed by atoms with Gasteiger partial charge >= 0.3 is 0 Å². The fraction of sp³-hybridized carbons (Fsp3) is 0.278. The molecule has 0 bridgehead atoms. The monoisotopic (exact) mass is 327 g/mol. The molecular formula is C18H18FN3O2. The van der Waals surface area contributed by atoms with E-state index in [1.54, 1.807) is 11.0 Å². The maximum Gasteiger partial charge on any atom is 0.274 e. The molecule has 2 heterocycles. The van der Waals surface area contributed by atoms with Crippen LogP contribution in [0.1, 0.15) is 40.1 Å². The van der Waals surface area contributed by atoms with E-state index in [1.807, 2.05) is 0 Å². The van der Waals surface area contributed by atoms with E-state index in [2.05, 4.69) is 10.3 Å². The standard InChI is InChI=1S/C18H18FN3O2/c19-14-4-6-15(7-5-14)21-17(23)16-12-13(8-9-20-16)18(24)22-10-2-1-3-11-22/h4-9,12H,1-3,10-11H2,(H,21,23). The first-order valence-corrected chi connectivity index (χ1v) is 7.96. The SMILES string of the molecule is O=C(Nc1ccc(F)cc1)c1cc(C(=O)N2CCCCC2)ccn1. The van der Waals surface area contributed by atoms with Gasteiger partial charge in [0.2, 0.25) is 0 Å². The lowest BCUT2D eigenvalue weighted by atomic mass is 10.1. The van der Waals surface area contributed by atoms with Gasteiger partial charge in [0.25, 0.3) is 11.8 Å². The number of rotatable bonds is 3. The number of nitrogens with one attached hydrogen (secondary N) is 1. The summed E-state index contributed by atoms with van der Waals surface area (Å²) < 4.78 is 12.9. The molecule has 1 aromatic carbocycles. The minimum atomic E-state index is -0.435. The smallest absolute Gasteiger partial charge is 0.274 e. The highest BCUT2D eigenvalue weighted by atomic mass is 19.1. The van der Waals surface area contributed by atoms with Crippen LogP contribution in [0, 0.1) is 5.82 Å². The predicted molar refractivity (Wildman–Crippen MR) is 88.3 cm³/mol. The summed E-state index contributed by atoms with van der Waals surface area (Å²) in [7, 11) is 0. The van der Waals surface area contributed by atoms with Crippen molar-refractivity contribution in [3.05, 3.63) is 59.7 Å². The average molecular weight is 327 g/mol. The number of piperidine rings is 1. The zero-order chi connectivity index (χ0) is 16.9. The molecule has 0 unspecified atom stereocenters. The molecule has 2 amide bonds. The molecule has 2 aromatic rings. The molecular weight excluding hydrogens is 309 g/mol. The summed E-state index contributed by atoms with van der Waals surface area (Å²) in [4.78, 5) is 30.6. The van der Waals surface area contributed by atoms with Crippen molar-refractivity contribution in [2.75, 3.05) is 18.4 Å². The molecule has 1 N–H and O–H groups in total. The van der Waals surface area contributed by atoms with Gasteiger partial charge < -0.3 is 10.2 Å². The second-order valence-electron chi connectivity index (χ2n) is 5.74. The van der Waals surface area contributed by atoms with Crippen LogP contribution in [0.25, 0.3) is 0 Å². The topological polar surface area (TPSA) is 62.3 Å². The summed E-state index contributed by atoms with van der Waals surface area (Å²) in [6, 6.07) is 8.58. The number of halogens is 1. The number of carbonyl (C=O) groups is 2. The highest BCUT2D eigenvalue weighted by Crippen LogP contribution is 2.14. The number of aromatic nitrogens is 1. The van der Waals surface area contributed by atoms with E-state index in [-0.39, 0.29) is 17.4 Å². The molecule has 1 aromatic heterocycles. The van der Waals surface area contributed by atoms with Crippen molar-refractivity contribution in [3.8, 4) is 0 Å². The van der Waals surface area contributed by atoms with Crippen LogP contribution in [0.4, 0.5) is 10.1 Å². The van der Waals surface area contributed by atoms with Gasteiger partial charge in [-0.05, 0) is 55.7 Å². The average Bonchev–Trinajstić information content (AvgIpc) is 2.64. The number of hydrogen-bond acceptors (Lipinski definition) is 3. The van der Waals surface area contributed by atoms with Crippen molar-refractivity contribution in [1.82, 2.24) is 9.88 Å². The first-order chi connectivity index (χ1) is 11.6. The third-order valence-electron chi connectivity index (χ3n) is 3.98. The van der Waals surface area contributed by atoms with Gasteiger partial charge in [0, 0.05) is 30.5 Å². The third-order valence-corrected chi connectivity index (χ3v) is 3.98. The fourth-order valence-electron chi connectivity index (χ4n) is 2.70. The summed E-state index contributed by atoms with van der Waals surface area (Å²) in [6.45, 7) is 1.50. The molecule has 1 aliphatic rings. The molecule has 5 nitrogen and oxygen atoms in total. The van der Waals surface area contributed by atoms with Gasteiger partial charge in [0.05, 0.1) is 0 Å². The largest absolute Gasteiger partial charge is 0.339 e. The molecule has 0 spiro atoms. The number of anilines is 1. The number of amides is 2. The Labute approximate surface area is 139 Å². The van der Waals surface area contributed by atoms with Crippen LogP contribution < -0.4 is 5.32 Å². The minimum absolute atomic E-state index is 0.0760. The number of pyridine rings is 1. The molecule has 0 radical (unpaired) electrons. The predicted octanol–water partition coefficient (Wildman–Crippen LogP) is 3.10. The van der Waals surface area contributed by atoms with E-state index >= 15 is 0 Å². The highest BCUT2D eigenvalue weighted by molar-refractivity contribution is 6.04. The van der Waals surface area contributed by atoms with Crippen molar-refractivity contribution in [3.63, 3.8) is 0 Å². The van der Waals surface area contributed by atoms with Gasteiger partial charge in [-0.3, -0.25) is 14.6 Å². The van der Waals surface area contributed by atoms with Gasteiger partial charge in [-0.25, -0.2) is 4.39 Å². The van der Waals surface area contributed by atoms with Gasteiger partial charge in [-0.2, -0.15) is 0 Å². The minimum Gasteiger partial charge on any atom is -0.339 e. The molecule has 0 atom stereocenters. The zero-order valence-corrected chi connectivity index (χ0v) is 13.2. The molecule has 1 fully saturated rings. The van der Waals surface area contributed by atoms with Gasteiger partial charge in [-0.15, -0.1) is 0 Å². The summed E-state index contributed by atoms with van der Waals surface area (Å²) in [6.07, 6.45) is 4.62. The van der Waals surface area contributed by atoms with Crippen molar-refractivity contribution in [2.24, 2.45) is 0 Å². The summed E-state index contributed by atoms with van der Waals surface area (Å²) in [5.41, 5.74) is 1.08. The lowest BCUT2D eigenvalue weighted by molar-refractivity contribution is 0.0724. The van der Waals surface area contributed by atoms with Crippen LogP contribution in [0.2, 0.25) is 0 Å². The Kier molecular flexibility index (Phi) is 4.84. The van der Waals surface area contributed by atoms with E-state index in [9.17, 15) is 14.0 Å². The summed E-state index contributed by atoms with van der Waals surface area (Å²) in [5.74, 6) is -0.886. The van der Waals surface area contributed by atoms with Crippen LogP contribution in [0.15, 0.2) is 42.6 Å². The van der Waals surface area contributed by atoms with Gasteiger partial charge in [0.15, 0.2) is 0 Å². The van der Waals surface area contributed by atoms with Crippen molar-refractivity contribution in [1.29, 1.82) is 0 Å². The quantitative estimate of drug-likeness (QED) is 0.942. The molecule has 3 rings (SSSR count). The van der Waals surface area contributed by atoms with E-state index < -0.39 is 5.91 Å². The molecule has 0 aliphatic carbocycles. The molecule has 24 heavy (non-hydrogen) atoms. The normalized spacial score (nSPS) is 14.3. The number of hydrogen-bond donors (Lipinski definition) is 1. The van der Waals surface area contributed by atoms with Crippen molar-refractivity contribution < 1.29 is 14.0 Å². The van der Waals surface area contributed by atoms with Crippen LogP contribution in [-0.2, 0) is 0 Å². The Hall–Kier alpha value is -2.76. The Balaban J connectivity index is 1.73. The maximum absolute atomic E-state index is 12.9. The first kappa shape index (κ1) is 16.1. The van der Waals surface area contributed by atoms with Crippen LogP contribution in [0.3, 0.4) is 0 Å². The van der Waals surface area contributed by atoms with E-state index in [1.165, 1.54) is 36.5 Å². The molecule has 0 saturated carbocycles. The molecule has 1 saturated heterocycles. The zero-order valence-electron chi connectivity index (χ0n) is 13.2. The number of nitrogens with zero attached hydrogens (tertiary/aromatic N) is 2. The van der Waals surface area contributed by atoms with Crippen molar-refractivity contribution >= 4 is 17.5 Å².